The summed E-state index contributed by atoms with van der Waals surface area (Å²) in [5.74, 6) is -1.58. The number of amides is 3. The predicted octanol–water partition coefficient (Wildman–Crippen LogP) is -1.63. The van der Waals surface area contributed by atoms with Crippen LogP contribution in [0.2, 0.25) is 0 Å². The van der Waals surface area contributed by atoms with Crippen molar-refractivity contribution in [2.75, 3.05) is 32.9 Å². The van der Waals surface area contributed by atoms with Crippen LogP contribution < -0.4 is 10.6 Å². The second-order valence-electron chi connectivity index (χ2n) is 4.53. The van der Waals surface area contributed by atoms with E-state index in [9.17, 15) is 14.4 Å². The van der Waals surface area contributed by atoms with Crippen LogP contribution in [-0.4, -0.2) is 78.0 Å². The number of hydrogen-bond acceptors (Lipinski definition) is 5. The van der Waals surface area contributed by atoms with E-state index in [1.54, 1.807) is 6.92 Å². The summed E-state index contributed by atoms with van der Waals surface area (Å²) in [7, 11) is 0. The molecule has 120 valence electrons. The molecule has 1 unspecified atom stereocenters. The normalized spacial score (nSPS) is 19.7. The molecule has 9 heteroatoms. The number of carbonyl (C=O) groups is 3. The summed E-state index contributed by atoms with van der Waals surface area (Å²) in [6.07, 6.45) is -0.1000. The lowest BCUT2D eigenvalue weighted by molar-refractivity contribution is -0.139. The number of ether oxygens (including phenoxy) is 1. The number of nitrogens with one attached hydrogen (secondary N) is 2. The Bertz CT molecular complexity index is 389. The molecule has 1 rings (SSSR count). The summed E-state index contributed by atoms with van der Waals surface area (Å²) < 4.78 is 5.19. The number of aliphatic carboxylic acids is 1. The van der Waals surface area contributed by atoms with Crippen LogP contribution in [0.1, 0.15) is 13.3 Å². The fourth-order valence-electron chi connectivity index (χ4n) is 1.97. The number of nitrogens with zero attached hydrogens (tertiary/aromatic N) is 1. The largest absolute Gasteiger partial charge is 0.480 e. The fraction of sp³-hybridized carbons (Fsp3) is 0.750. The molecule has 9 nitrogen and oxygen atoms in total. The van der Waals surface area contributed by atoms with Crippen LogP contribution in [0, 0.1) is 0 Å². The minimum absolute atomic E-state index is 0.0665. The maximum atomic E-state index is 12.1. The highest BCUT2D eigenvalue weighted by Gasteiger charge is 2.34. The summed E-state index contributed by atoms with van der Waals surface area (Å²) in [4.78, 5) is 36.3. The molecule has 0 spiro atoms. The Hall–Kier alpha value is -1.87. The van der Waals surface area contributed by atoms with Gasteiger partial charge in [0.15, 0.2) is 0 Å². The summed E-state index contributed by atoms with van der Waals surface area (Å²) in [6, 6.07) is -2.64. The van der Waals surface area contributed by atoms with Crippen molar-refractivity contribution >= 4 is 17.9 Å². The Balaban J connectivity index is 2.72. The molecule has 2 atom stereocenters. The van der Waals surface area contributed by atoms with E-state index in [4.69, 9.17) is 14.9 Å². The molecule has 1 aliphatic rings. The van der Waals surface area contributed by atoms with Crippen LogP contribution in [0.5, 0.6) is 0 Å². The number of likely N-dealkylation sites (N-methyl/N-ethyl adjacent to an activating group) is 1. The van der Waals surface area contributed by atoms with Gasteiger partial charge >= 0.3 is 12.0 Å². The number of carboxylic acids is 1. The Kier molecular flexibility index (Phi) is 6.89. The van der Waals surface area contributed by atoms with Gasteiger partial charge in [-0.3, -0.25) is 4.79 Å². The van der Waals surface area contributed by atoms with Gasteiger partial charge in [-0.05, 0) is 6.92 Å². The topological polar surface area (TPSA) is 128 Å². The maximum absolute atomic E-state index is 12.1. The van der Waals surface area contributed by atoms with Crippen molar-refractivity contribution in [1.82, 2.24) is 15.5 Å². The quantitative estimate of drug-likeness (QED) is 0.466. The van der Waals surface area contributed by atoms with E-state index in [2.05, 4.69) is 10.6 Å². The molecule has 1 saturated heterocycles. The Morgan fingerprint density at radius 3 is 2.71 bits per heavy atom. The number of morpholine rings is 1. The lowest BCUT2D eigenvalue weighted by Gasteiger charge is -2.35. The highest BCUT2D eigenvalue weighted by molar-refractivity contribution is 5.89. The predicted molar refractivity (Wildman–Crippen MR) is 71.7 cm³/mol. The van der Waals surface area contributed by atoms with E-state index in [1.807, 2.05) is 0 Å². The third-order valence-corrected chi connectivity index (χ3v) is 3.06. The van der Waals surface area contributed by atoms with Gasteiger partial charge in [-0.2, -0.15) is 0 Å². The molecular formula is C12H21N3O6. The van der Waals surface area contributed by atoms with Crippen molar-refractivity contribution < 1.29 is 29.3 Å². The Morgan fingerprint density at radius 1 is 1.43 bits per heavy atom. The molecule has 0 aliphatic carbocycles. The molecule has 0 aromatic carbocycles. The maximum Gasteiger partial charge on any atom is 0.326 e. The summed E-state index contributed by atoms with van der Waals surface area (Å²) in [5.41, 5.74) is 0. The van der Waals surface area contributed by atoms with Crippen LogP contribution in [-0.2, 0) is 14.3 Å². The van der Waals surface area contributed by atoms with Crippen molar-refractivity contribution in [3.05, 3.63) is 0 Å². The van der Waals surface area contributed by atoms with Crippen molar-refractivity contribution in [1.29, 1.82) is 0 Å². The number of hydrogen-bond donors (Lipinski definition) is 4. The molecular weight excluding hydrogens is 282 g/mol. The first-order valence-electron chi connectivity index (χ1n) is 6.77. The molecule has 21 heavy (non-hydrogen) atoms. The molecule has 1 heterocycles. The van der Waals surface area contributed by atoms with E-state index in [0.717, 1.165) is 0 Å². The third kappa shape index (κ3) is 4.87. The van der Waals surface area contributed by atoms with E-state index in [-0.39, 0.29) is 38.7 Å². The van der Waals surface area contributed by atoms with Crippen LogP contribution in [0.3, 0.4) is 0 Å². The number of aliphatic hydroxyl groups excluding tert-OH is 1. The molecule has 3 amide bonds. The van der Waals surface area contributed by atoms with Crippen LogP contribution in [0.15, 0.2) is 0 Å². The number of rotatable bonds is 6. The summed E-state index contributed by atoms with van der Waals surface area (Å²) >= 11 is 0. The van der Waals surface area contributed by atoms with Gasteiger partial charge < -0.3 is 30.5 Å². The average Bonchev–Trinajstić information content (AvgIpc) is 2.46. The third-order valence-electron chi connectivity index (χ3n) is 3.06. The zero-order chi connectivity index (χ0) is 15.8. The van der Waals surface area contributed by atoms with Crippen LogP contribution >= 0.6 is 0 Å². The first-order chi connectivity index (χ1) is 10.0. The molecule has 0 radical (unpaired) electrons. The van der Waals surface area contributed by atoms with E-state index >= 15 is 0 Å². The average molecular weight is 303 g/mol. The van der Waals surface area contributed by atoms with Crippen molar-refractivity contribution in [2.45, 2.75) is 25.4 Å². The standard InChI is InChI=1S/C12H21N3O6/c1-2-13-10(17)9-7-21-6-4-15(9)12(20)14-8(3-5-16)11(18)19/h8-9,16H,2-7H2,1H3,(H,13,17)(H,14,20)(H,18,19)/t8-,9?/m1/s1. The minimum atomic E-state index is -1.24. The summed E-state index contributed by atoms with van der Waals surface area (Å²) in [6.45, 7) is 2.36. The minimum Gasteiger partial charge on any atom is -0.480 e. The smallest absolute Gasteiger partial charge is 0.326 e. The van der Waals surface area contributed by atoms with Crippen molar-refractivity contribution in [3.63, 3.8) is 0 Å². The first kappa shape index (κ1) is 17.2. The van der Waals surface area contributed by atoms with Crippen LogP contribution in [0.4, 0.5) is 4.79 Å². The molecule has 0 aromatic heterocycles. The van der Waals surface area contributed by atoms with Gasteiger partial charge in [-0.15, -0.1) is 0 Å². The van der Waals surface area contributed by atoms with Gasteiger partial charge in [0.2, 0.25) is 5.91 Å². The number of urea groups is 1. The second-order valence-corrected chi connectivity index (χ2v) is 4.53. The number of carboxylic acid groups (broad SMARTS) is 1. The lowest BCUT2D eigenvalue weighted by Crippen LogP contribution is -2.60. The Labute approximate surface area is 122 Å². The zero-order valence-electron chi connectivity index (χ0n) is 11.9. The number of carbonyl (C=O) groups excluding carboxylic acids is 2. The lowest BCUT2D eigenvalue weighted by atomic mass is 10.2. The first-order valence-corrected chi connectivity index (χ1v) is 6.77. The fourth-order valence-corrected chi connectivity index (χ4v) is 1.97. The molecule has 0 aromatic rings. The highest BCUT2D eigenvalue weighted by Crippen LogP contribution is 2.08. The SMILES string of the molecule is CCNC(=O)C1COCCN1C(=O)N[C@H](CCO)C(=O)O. The van der Waals surface area contributed by atoms with E-state index in [0.29, 0.717) is 6.54 Å². The van der Waals surface area contributed by atoms with Gasteiger partial charge in [0.1, 0.15) is 12.1 Å². The summed E-state index contributed by atoms with van der Waals surface area (Å²) in [5, 5.41) is 22.7. The number of aliphatic hydroxyl groups is 1. The van der Waals surface area contributed by atoms with Crippen molar-refractivity contribution in [3.8, 4) is 0 Å². The van der Waals surface area contributed by atoms with Gasteiger partial charge in [0.25, 0.3) is 0 Å². The van der Waals surface area contributed by atoms with Gasteiger partial charge in [-0.25, -0.2) is 9.59 Å². The van der Waals surface area contributed by atoms with Crippen LogP contribution in [0.25, 0.3) is 0 Å². The monoisotopic (exact) mass is 303 g/mol. The van der Waals surface area contributed by atoms with E-state index in [1.165, 1.54) is 4.90 Å². The van der Waals surface area contributed by atoms with Gasteiger partial charge in [-0.1, -0.05) is 0 Å². The molecule has 0 saturated carbocycles. The second kappa shape index (κ2) is 8.42. The van der Waals surface area contributed by atoms with Crippen molar-refractivity contribution in [2.24, 2.45) is 0 Å². The van der Waals surface area contributed by atoms with Gasteiger partial charge in [0, 0.05) is 26.1 Å². The molecule has 0 bridgehead atoms. The highest BCUT2D eigenvalue weighted by atomic mass is 16.5. The molecule has 4 N–H and O–H groups in total. The zero-order valence-corrected chi connectivity index (χ0v) is 11.9. The molecule has 1 fully saturated rings. The molecule has 1 aliphatic heterocycles. The van der Waals surface area contributed by atoms with Gasteiger partial charge in [0.05, 0.1) is 13.2 Å². The Morgan fingerprint density at radius 2 is 2.14 bits per heavy atom. The van der Waals surface area contributed by atoms with E-state index < -0.39 is 24.1 Å².